The minimum atomic E-state index is -0.649. The van der Waals surface area contributed by atoms with Crippen molar-refractivity contribution < 1.29 is 19.0 Å². The third-order valence-corrected chi connectivity index (χ3v) is 4.56. The van der Waals surface area contributed by atoms with Gasteiger partial charge in [0, 0.05) is 30.8 Å². The molecule has 1 unspecified atom stereocenters. The van der Waals surface area contributed by atoms with Gasteiger partial charge in [0.25, 0.3) is 0 Å². The zero-order chi connectivity index (χ0) is 19.2. The molecule has 2 aromatic rings. The van der Waals surface area contributed by atoms with Gasteiger partial charge < -0.3 is 15.6 Å². The van der Waals surface area contributed by atoms with E-state index in [1.807, 2.05) is 12.1 Å². The zero-order valence-corrected chi connectivity index (χ0v) is 15.0. The summed E-state index contributed by atoms with van der Waals surface area (Å²) in [6.45, 7) is 2.04. The van der Waals surface area contributed by atoms with Crippen LogP contribution in [0.5, 0.6) is 5.75 Å². The van der Waals surface area contributed by atoms with Crippen LogP contribution in [0.15, 0.2) is 54.6 Å². The molecule has 1 amide bonds. The van der Waals surface area contributed by atoms with Gasteiger partial charge in [0.1, 0.15) is 24.3 Å². The molecule has 0 aromatic heterocycles. The molecule has 0 saturated carbocycles. The van der Waals surface area contributed by atoms with Gasteiger partial charge in [-0.05, 0) is 42.3 Å². The Balaban J connectivity index is 1.47. The molecule has 0 fully saturated rings. The number of ether oxygens (including phenoxy) is 1. The number of benzene rings is 2. The average Bonchev–Trinajstić information content (AvgIpc) is 2.68. The van der Waals surface area contributed by atoms with Crippen molar-refractivity contribution in [2.75, 3.05) is 26.2 Å². The van der Waals surface area contributed by atoms with Gasteiger partial charge >= 0.3 is 0 Å². The number of aliphatic hydroxyl groups excluding tert-OH is 1. The Morgan fingerprint density at radius 1 is 1.22 bits per heavy atom. The van der Waals surface area contributed by atoms with Crippen LogP contribution in [-0.2, 0) is 0 Å². The number of β-amino-alcohol motifs (C(OH)–C–C–N with tert-alkyl or cyclic N) is 1. The first kappa shape index (κ1) is 19.1. The van der Waals surface area contributed by atoms with E-state index in [4.69, 9.17) is 10.5 Å². The summed E-state index contributed by atoms with van der Waals surface area (Å²) in [7, 11) is 0. The fraction of sp³-hybridized carbons (Fsp3) is 0.286. The normalized spacial score (nSPS) is 15.9. The zero-order valence-electron chi connectivity index (χ0n) is 15.0. The van der Waals surface area contributed by atoms with Gasteiger partial charge in [-0.3, -0.25) is 9.69 Å². The summed E-state index contributed by atoms with van der Waals surface area (Å²) in [6, 6.07) is 13.3. The van der Waals surface area contributed by atoms with Crippen molar-refractivity contribution in [2.24, 2.45) is 5.73 Å². The molecule has 0 radical (unpaired) electrons. The average molecular weight is 370 g/mol. The second kappa shape index (κ2) is 8.79. The molecule has 0 aliphatic carbocycles. The topological polar surface area (TPSA) is 75.8 Å². The molecule has 1 heterocycles. The van der Waals surface area contributed by atoms with Crippen molar-refractivity contribution in [1.29, 1.82) is 0 Å². The highest BCUT2D eigenvalue weighted by molar-refractivity contribution is 5.92. The molecule has 1 aliphatic heterocycles. The Morgan fingerprint density at radius 2 is 1.96 bits per heavy atom. The quantitative estimate of drug-likeness (QED) is 0.785. The number of carbonyl (C=O) groups excluding carboxylic acids is 1. The van der Waals surface area contributed by atoms with Crippen LogP contribution in [0, 0.1) is 5.82 Å². The number of aliphatic hydroxyl groups is 1. The summed E-state index contributed by atoms with van der Waals surface area (Å²) in [5.41, 5.74) is 7.26. The standard InChI is InChI=1S/C21H23FN2O3/c22-20-4-2-1-3-19(20)15-9-11-24(12-10-15)13-17(25)14-27-18-7-5-16(6-8-18)21(23)26/h1-9,17,25H,10-14H2,(H2,23,26). The Kier molecular flexibility index (Phi) is 6.21. The van der Waals surface area contributed by atoms with E-state index in [0.29, 0.717) is 30.0 Å². The summed E-state index contributed by atoms with van der Waals surface area (Å²) in [4.78, 5) is 13.1. The molecule has 5 nitrogen and oxygen atoms in total. The second-order valence-electron chi connectivity index (χ2n) is 6.57. The highest BCUT2D eigenvalue weighted by Crippen LogP contribution is 2.24. The van der Waals surface area contributed by atoms with Crippen LogP contribution < -0.4 is 10.5 Å². The third-order valence-electron chi connectivity index (χ3n) is 4.56. The summed E-state index contributed by atoms with van der Waals surface area (Å²) >= 11 is 0. The van der Waals surface area contributed by atoms with E-state index in [-0.39, 0.29) is 12.4 Å². The third kappa shape index (κ3) is 5.15. The lowest BCUT2D eigenvalue weighted by atomic mass is 9.99. The van der Waals surface area contributed by atoms with Crippen LogP contribution in [0.4, 0.5) is 4.39 Å². The minimum absolute atomic E-state index is 0.149. The maximum atomic E-state index is 13.9. The lowest BCUT2D eigenvalue weighted by Gasteiger charge is -2.28. The molecule has 2 aromatic carbocycles. The van der Waals surface area contributed by atoms with E-state index in [9.17, 15) is 14.3 Å². The Morgan fingerprint density at radius 3 is 2.59 bits per heavy atom. The number of halogens is 1. The van der Waals surface area contributed by atoms with Crippen LogP contribution >= 0.6 is 0 Å². The van der Waals surface area contributed by atoms with Crippen LogP contribution in [-0.4, -0.2) is 48.3 Å². The second-order valence-corrected chi connectivity index (χ2v) is 6.57. The lowest BCUT2D eigenvalue weighted by Crippen LogP contribution is -2.38. The van der Waals surface area contributed by atoms with Gasteiger partial charge in [-0.2, -0.15) is 0 Å². The molecular weight excluding hydrogens is 347 g/mol. The monoisotopic (exact) mass is 370 g/mol. The van der Waals surface area contributed by atoms with E-state index in [1.54, 1.807) is 36.4 Å². The van der Waals surface area contributed by atoms with Crippen molar-refractivity contribution in [1.82, 2.24) is 4.90 Å². The molecule has 1 aliphatic rings. The van der Waals surface area contributed by atoms with Crippen molar-refractivity contribution in [3.8, 4) is 5.75 Å². The number of nitrogens with two attached hydrogens (primary N) is 1. The van der Waals surface area contributed by atoms with Crippen LogP contribution in [0.2, 0.25) is 0 Å². The van der Waals surface area contributed by atoms with Crippen LogP contribution in [0.25, 0.3) is 5.57 Å². The summed E-state index contributed by atoms with van der Waals surface area (Å²) in [6.07, 6.45) is 2.10. The van der Waals surface area contributed by atoms with Gasteiger partial charge in [0.15, 0.2) is 0 Å². The summed E-state index contributed by atoms with van der Waals surface area (Å²) < 4.78 is 19.4. The molecule has 0 spiro atoms. The van der Waals surface area contributed by atoms with Gasteiger partial charge in [-0.15, -0.1) is 0 Å². The first-order chi connectivity index (χ1) is 13.0. The number of nitrogens with zero attached hydrogens (tertiary/aromatic N) is 1. The van der Waals surface area contributed by atoms with Crippen molar-refractivity contribution in [3.05, 3.63) is 71.6 Å². The maximum Gasteiger partial charge on any atom is 0.248 e. The molecule has 142 valence electrons. The number of carbonyl (C=O) groups is 1. The van der Waals surface area contributed by atoms with E-state index in [1.165, 1.54) is 6.07 Å². The SMILES string of the molecule is NC(=O)c1ccc(OCC(O)CN2CC=C(c3ccccc3F)CC2)cc1. The number of amides is 1. The number of hydrogen-bond donors (Lipinski definition) is 2. The molecule has 27 heavy (non-hydrogen) atoms. The predicted molar refractivity (Wildman–Crippen MR) is 102 cm³/mol. The van der Waals surface area contributed by atoms with Gasteiger partial charge in [0.2, 0.25) is 5.91 Å². The minimum Gasteiger partial charge on any atom is -0.491 e. The van der Waals surface area contributed by atoms with E-state index in [0.717, 1.165) is 18.5 Å². The van der Waals surface area contributed by atoms with Crippen molar-refractivity contribution in [2.45, 2.75) is 12.5 Å². The maximum absolute atomic E-state index is 13.9. The lowest BCUT2D eigenvalue weighted by molar-refractivity contribution is 0.0716. The molecule has 6 heteroatoms. The number of primary amides is 1. The predicted octanol–water partition coefficient (Wildman–Crippen LogP) is 2.45. The Labute approximate surface area is 157 Å². The van der Waals surface area contributed by atoms with Crippen LogP contribution in [0.1, 0.15) is 22.3 Å². The van der Waals surface area contributed by atoms with E-state index in [2.05, 4.69) is 4.90 Å². The highest BCUT2D eigenvalue weighted by atomic mass is 19.1. The van der Waals surface area contributed by atoms with Crippen molar-refractivity contribution in [3.63, 3.8) is 0 Å². The van der Waals surface area contributed by atoms with E-state index < -0.39 is 12.0 Å². The van der Waals surface area contributed by atoms with Gasteiger partial charge in [-0.25, -0.2) is 4.39 Å². The molecular formula is C21H23FN2O3. The summed E-state index contributed by atoms with van der Waals surface area (Å²) in [5.74, 6) is -0.123. The Hall–Kier alpha value is -2.70. The first-order valence-corrected chi connectivity index (χ1v) is 8.90. The van der Waals surface area contributed by atoms with E-state index >= 15 is 0 Å². The fourth-order valence-electron chi connectivity index (χ4n) is 3.10. The first-order valence-electron chi connectivity index (χ1n) is 8.90. The van der Waals surface area contributed by atoms with Crippen molar-refractivity contribution >= 4 is 11.5 Å². The molecule has 0 saturated heterocycles. The smallest absolute Gasteiger partial charge is 0.248 e. The molecule has 3 rings (SSSR count). The summed E-state index contributed by atoms with van der Waals surface area (Å²) in [5, 5.41) is 10.2. The van der Waals surface area contributed by atoms with Gasteiger partial charge in [-0.1, -0.05) is 24.3 Å². The molecule has 0 bridgehead atoms. The highest BCUT2D eigenvalue weighted by Gasteiger charge is 2.18. The van der Waals surface area contributed by atoms with Crippen LogP contribution in [0.3, 0.4) is 0 Å². The largest absolute Gasteiger partial charge is 0.491 e. The number of rotatable bonds is 7. The molecule has 3 N–H and O–H groups in total. The molecule has 1 atom stereocenters. The Bertz CT molecular complexity index is 820. The number of hydrogen-bond acceptors (Lipinski definition) is 4. The fourth-order valence-corrected chi connectivity index (χ4v) is 3.10. The van der Waals surface area contributed by atoms with Gasteiger partial charge in [0.05, 0.1) is 0 Å².